The molecule has 2 amide bonds. The first-order chi connectivity index (χ1) is 12.1. The number of carbonyl (C=O) groups is 2. The van der Waals surface area contributed by atoms with Gasteiger partial charge in [0.25, 0.3) is 0 Å². The van der Waals surface area contributed by atoms with Gasteiger partial charge in [0.2, 0.25) is 11.8 Å². The second-order valence-electron chi connectivity index (χ2n) is 8.39. The molecule has 0 bridgehead atoms. The van der Waals surface area contributed by atoms with E-state index in [2.05, 4.69) is 17.1 Å². The number of piperidine rings is 3. The molecule has 0 saturated carbocycles. The molecule has 5 nitrogen and oxygen atoms in total. The van der Waals surface area contributed by atoms with Gasteiger partial charge in [0.05, 0.1) is 0 Å². The zero-order valence-corrected chi connectivity index (χ0v) is 15.8. The quantitative estimate of drug-likeness (QED) is 0.847. The highest BCUT2D eigenvalue weighted by atomic mass is 16.2. The highest BCUT2D eigenvalue weighted by Crippen LogP contribution is 2.25. The van der Waals surface area contributed by atoms with E-state index in [4.69, 9.17) is 0 Å². The summed E-state index contributed by atoms with van der Waals surface area (Å²) in [6.45, 7) is 7.86. The van der Waals surface area contributed by atoms with E-state index in [-0.39, 0.29) is 5.92 Å². The normalized spacial score (nSPS) is 24.5. The van der Waals surface area contributed by atoms with Gasteiger partial charge in [-0.05, 0) is 69.9 Å². The molecule has 0 radical (unpaired) electrons. The molecule has 0 aromatic carbocycles. The van der Waals surface area contributed by atoms with Gasteiger partial charge in [-0.3, -0.25) is 9.59 Å². The number of nitrogens with zero attached hydrogens (tertiary/aromatic N) is 2. The second-order valence-corrected chi connectivity index (χ2v) is 8.39. The van der Waals surface area contributed by atoms with Crippen LogP contribution in [0.1, 0.15) is 58.3 Å². The van der Waals surface area contributed by atoms with Crippen LogP contribution in [0.15, 0.2) is 0 Å². The Bertz CT molecular complexity index is 446. The molecule has 5 heteroatoms. The lowest BCUT2D eigenvalue weighted by molar-refractivity contribution is -0.141. The molecule has 25 heavy (non-hydrogen) atoms. The summed E-state index contributed by atoms with van der Waals surface area (Å²) in [4.78, 5) is 29.2. The van der Waals surface area contributed by atoms with Crippen molar-refractivity contribution in [1.29, 1.82) is 0 Å². The average molecular weight is 350 g/mol. The molecule has 0 aromatic rings. The van der Waals surface area contributed by atoms with Crippen LogP contribution in [0, 0.1) is 17.8 Å². The van der Waals surface area contributed by atoms with Crippen molar-refractivity contribution in [2.45, 2.75) is 58.3 Å². The molecule has 1 N–H and O–H groups in total. The minimum absolute atomic E-state index is 0.141. The van der Waals surface area contributed by atoms with E-state index in [9.17, 15) is 9.59 Å². The fraction of sp³-hybridized carbons (Fsp3) is 0.900. The predicted molar refractivity (Wildman–Crippen MR) is 99.1 cm³/mol. The summed E-state index contributed by atoms with van der Waals surface area (Å²) in [5.74, 6) is 2.25. The highest BCUT2D eigenvalue weighted by molar-refractivity contribution is 5.80. The Kier molecular flexibility index (Phi) is 6.74. The van der Waals surface area contributed by atoms with E-state index in [0.29, 0.717) is 24.2 Å². The maximum absolute atomic E-state index is 12.7. The van der Waals surface area contributed by atoms with Crippen LogP contribution in [0.25, 0.3) is 0 Å². The molecule has 3 aliphatic heterocycles. The standard InChI is InChI=1S/C20H35N3O2/c1-16-6-12-23(13-7-16)20(25)18-8-14-22(15-9-18)19(24)3-2-17-4-10-21-11-5-17/h16-18,21H,2-15H2,1H3. The van der Waals surface area contributed by atoms with Gasteiger partial charge in [-0.25, -0.2) is 0 Å². The molecule has 3 heterocycles. The van der Waals surface area contributed by atoms with Crippen molar-refractivity contribution in [2.24, 2.45) is 17.8 Å². The maximum atomic E-state index is 12.7. The van der Waals surface area contributed by atoms with Crippen LogP contribution in [0.5, 0.6) is 0 Å². The Morgan fingerprint density at radius 3 is 2.12 bits per heavy atom. The van der Waals surface area contributed by atoms with Crippen LogP contribution in [-0.2, 0) is 9.59 Å². The molecule has 3 saturated heterocycles. The molecule has 0 unspecified atom stereocenters. The molecule has 3 fully saturated rings. The van der Waals surface area contributed by atoms with Crippen molar-refractivity contribution in [1.82, 2.24) is 15.1 Å². The van der Waals surface area contributed by atoms with Crippen LogP contribution in [0.4, 0.5) is 0 Å². The maximum Gasteiger partial charge on any atom is 0.225 e. The summed E-state index contributed by atoms with van der Waals surface area (Å²) in [7, 11) is 0. The van der Waals surface area contributed by atoms with Gasteiger partial charge in [0.1, 0.15) is 0 Å². The minimum Gasteiger partial charge on any atom is -0.343 e. The van der Waals surface area contributed by atoms with Crippen molar-refractivity contribution in [3.05, 3.63) is 0 Å². The van der Waals surface area contributed by atoms with E-state index >= 15 is 0 Å². The minimum atomic E-state index is 0.141. The van der Waals surface area contributed by atoms with E-state index in [0.717, 1.165) is 77.3 Å². The van der Waals surface area contributed by atoms with E-state index < -0.39 is 0 Å². The van der Waals surface area contributed by atoms with Crippen LogP contribution in [-0.4, -0.2) is 60.9 Å². The summed E-state index contributed by atoms with van der Waals surface area (Å²) < 4.78 is 0. The van der Waals surface area contributed by atoms with Gasteiger partial charge in [-0.15, -0.1) is 0 Å². The molecule has 0 spiro atoms. The third-order valence-electron chi connectivity index (χ3n) is 6.52. The van der Waals surface area contributed by atoms with Crippen molar-refractivity contribution in [2.75, 3.05) is 39.3 Å². The summed E-state index contributed by atoms with van der Waals surface area (Å²) in [6.07, 6.45) is 8.11. The van der Waals surface area contributed by atoms with E-state index in [1.165, 1.54) is 12.8 Å². The summed E-state index contributed by atoms with van der Waals surface area (Å²) in [6, 6.07) is 0. The molecule has 3 rings (SSSR count). The van der Waals surface area contributed by atoms with Crippen molar-refractivity contribution >= 4 is 11.8 Å². The van der Waals surface area contributed by atoms with Crippen molar-refractivity contribution in [3.63, 3.8) is 0 Å². The Labute approximate surface area is 152 Å². The molecular formula is C20H35N3O2. The Hall–Kier alpha value is -1.10. The van der Waals surface area contributed by atoms with E-state index in [1.807, 2.05) is 4.90 Å². The monoisotopic (exact) mass is 349 g/mol. The Morgan fingerprint density at radius 1 is 0.880 bits per heavy atom. The number of carbonyl (C=O) groups excluding carboxylic acids is 2. The lowest BCUT2D eigenvalue weighted by atomic mass is 9.91. The fourth-order valence-electron chi connectivity index (χ4n) is 4.52. The van der Waals surface area contributed by atoms with Gasteiger partial charge < -0.3 is 15.1 Å². The van der Waals surface area contributed by atoms with Crippen LogP contribution < -0.4 is 5.32 Å². The smallest absolute Gasteiger partial charge is 0.225 e. The van der Waals surface area contributed by atoms with E-state index in [1.54, 1.807) is 0 Å². The lowest BCUT2D eigenvalue weighted by Gasteiger charge is -2.37. The summed E-state index contributed by atoms with van der Waals surface area (Å²) in [5.41, 5.74) is 0. The summed E-state index contributed by atoms with van der Waals surface area (Å²) in [5, 5.41) is 3.38. The number of likely N-dealkylation sites (tertiary alicyclic amines) is 2. The first-order valence-corrected chi connectivity index (χ1v) is 10.4. The first-order valence-electron chi connectivity index (χ1n) is 10.4. The summed E-state index contributed by atoms with van der Waals surface area (Å²) >= 11 is 0. The Balaban J connectivity index is 1.37. The molecular weight excluding hydrogens is 314 g/mol. The molecule has 3 aliphatic rings. The average Bonchev–Trinajstić information content (AvgIpc) is 2.67. The first kappa shape index (κ1) is 18.7. The van der Waals surface area contributed by atoms with Gasteiger partial charge in [0, 0.05) is 38.5 Å². The predicted octanol–water partition coefficient (Wildman–Crippen LogP) is 2.26. The molecule has 142 valence electrons. The zero-order chi connectivity index (χ0) is 17.6. The second kappa shape index (κ2) is 9.02. The van der Waals surface area contributed by atoms with Crippen molar-refractivity contribution in [3.8, 4) is 0 Å². The number of rotatable bonds is 4. The van der Waals surface area contributed by atoms with Gasteiger partial charge in [-0.2, -0.15) is 0 Å². The SMILES string of the molecule is CC1CCN(C(=O)C2CCN(C(=O)CCC3CCNCC3)CC2)CC1. The van der Waals surface area contributed by atoms with Crippen molar-refractivity contribution < 1.29 is 9.59 Å². The molecule has 0 atom stereocenters. The number of hydrogen-bond acceptors (Lipinski definition) is 3. The highest BCUT2D eigenvalue weighted by Gasteiger charge is 2.31. The van der Waals surface area contributed by atoms with Crippen LogP contribution in [0.3, 0.4) is 0 Å². The van der Waals surface area contributed by atoms with Gasteiger partial charge >= 0.3 is 0 Å². The fourth-order valence-corrected chi connectivity index (χ4v) is 4.52. The Morgan fingerprint density at radius 2 is 1.48 bits per heavy atom. The van der Waals surface area contributed by atoms with Gasteiger partial charge in [-0.1, -0.05) is 6.92 Å². The van der Waals surface area contributed by atoms with Crippen LogP contribution >= 0.6 is 0 Å². The third kappa shape index (κ3) is 5.19. The lowest BCUT2D eigenvalue weighted by Crippen LogP contribution is -2.46. The largest absolute Gasteiger partial charge is 0.343 e. The zero-order valence-electron chi connectivity index (χ0n) is 15.8. The van der Waals surface area contributed by atoms with Gasteiger partial charge in [0.15, 0.2) is 0 Å². The number of amides is 2. The molecule has 0 aliphatic carbocycles. The third-order valence-corrected chi connectivity index (χ3v) is 6.52. The number of nitrogens with one attached hydrogen (secondary N) is 1. The molecule has 0 aromatic heterocycles. The van der Waals surface area contributed by atoms with Crippen LogP contribution in [0.2, 0.25) is 0 Å². The topological polar surface area (TPSA) is 52.7 Å². The number of hydrogen-bond donors (Lipinski definition) is 1.